The van der Waals surface area contributed by atoms with E-state index in [-0.39, 0.29) is 0 Å². The fourth-order valence-electron chi connectivity index (χ4n) is 2.18. The number of nitrogens with zero attached hydrogens (tertiary/aromatic N) is 3. The Morgan fingerprint density at radius 3 is 3.06 bits per heavy atom. The summed E-state index contributed by atoms with van der Waals surface area (Å²) in [5.74, 6) is 0.650. The fourth-order valence-corrected chi connectivity index (χ4v) is 2.18. The molecule has 0 spiro atoms. The summed E-state index contributed by atoms with van der Waals surface area (Å²) in [4.78, 5) is 6.54. The predicted octanol–water partition coefficient (Wildman–Crippen LogP) is 0.910. The molecule has 1 N–H and O–H groups in total. The molecule has 2 heterocycles. The first kappa shape index (κ1) is 11.6. The second kappa shape index (κ2) is 4.97. The summed E-state index contributed by atoms with van der Waals surface area (Å²) in [6.07, 6.45) is 5.23. The second-order valence-corrected chi connectivity index (χ2v) is 4.97. The van der Waals surface area contributed by atoms with Gasteiger partial charge in [0.25, 0.3) is 0 Å². The maximum Gasteiger partial charge on any atom is 0.0948 e. The highest BCUT2D eigenvalue weighted by molar-refractivity contribution is 5.09. The molecule has 0 radical (unpaired) electrons. The average Bonchev–Trinajstić information content (AvgIpc) is 2.85. The standard InChI is InChI=1S/C12H22N4/c1-10(15(2)3)8-16-9-14-7-12(16)11-4-5-13-6-11/h7,9-11,13H,4-6,8H2,1-3H3. The zero-order valence-corrected chi connectivity index (χ0v) is 10.5. The minimum atomic E-state index is 0.544. The van der Waals surface area contributed by atoms with Crippen LogP contribution in [0.4, 0.5) is 0 Å². The fraction of sp³-hybridized carbons (Fsp3) is 0.750. The topological polar surface area (TPSA) is 33.1 Å². The van der Waals surface area contributed by atoms with Crippen LogP contribution >= 0.6 is 0 Å². The Balaban J connectivity index is 2.06. The Morgan fingerprint density at radius 1 is 1.62 bits per heavy atom. The first-order valence-corrected chi connectivity index (χ1v) is 6.05. The summed E-state index contributed by atoms with van der Waals surface area (Å²) in [5.41, 5.74) is 1.39. The van der Waals surface area contributed by atoms with Crippen LogP contribution in [0.1, 0.15) is 25.0 Å². The minimum absolute atomic E-state index is 0.544. The molecule has 16 heavy (non-hydrogen) atoms. The van der Waals surface area contributed by atoms with Crippen LogP contribution in [0.3, 0.4) is 0 Å². The van der Waals surface area contributed by atoms with Crippen LogP contribution in [0, 0.1) is 0 Å². The number of likely N-dealkylation sites (N-methyl/N-ethyl adjacent to an activating group) is 1. The average molecular weight is 222 g/mol. The molecule has 1 aliphatic rings. The highest BCUT2D eigenvalue weighted by Crippen LogP contribution is 2.22. The third kappa shape index (κ3) is 2.44. The zero-order valence-electron chi connectivity index (χ0n) is 10.5. The largest absolute Gasteiger partial charge is 0.333 e. The van der Waals surface area contributed by atoms with E-state index in [1.54, 1.807) is 0 Å². The number of rotatable bonds is 4. The summed E-state index contributed by atoms with van der Waals surface area (Å²) in [6, 6.07) is 0.544. The molecular formula is C12H22N4. The van der Waals surface area contributed by atoms with Crippen molar-refractivity contribution in [1.82, 2.24) is 19.8 Å². The highest BCUT2D eigenvalue weighted by Gasteiger charge is 2.20. The zero-order chi connectivity index (χ0) is 11.5. The van der Waals surface area contributed by atoms with Gasteiger partial charge in [0.05, 0.1) is 6.33 Å². The molecule has 0 amide bonds. The van der Waals surface area contributed by atoms with Gasteiger partial charge in [-0.25, -0.2) is 4.98 Å². The van der Waals surface area contributed by atoms with Crippen molar-refractivity contribution in [2.45, 2.75) is 31.8 Å². The van der Waals surface area contributed by atoms with Gasteiger partial charge in [0.2, 0.25) is 0 Å². The Morgan fingerprint density at radius 2 is 2.44 bits per heavy atom. The number of hydrogen-bond acceptors (Lipinski definition) is 3. The SMILES string of the molecule is CC(Cn1cncc1C1CCNC1)N(C)C. The van der Waals surface area contributed by atoms with Crippen molar-refractivity contribution in [2.24, 2.45) is 0 Å². The van der Waals surface area contributed by atoms with E-state index in [0.717, 1.165) is 19.6 Å². The number of nitrogens with one attached hydrogen (secondary N) is 1. The van der Waals surface area contributed by atoms with Gasteiger partial charge in [0.1, 0.15) is 0 Å². The van der Waals surface area contributed by atoms with Gasteiger partial charge in [0, 0.05) is 36.9 Å². The summed E-state index contributed by atoms with van der Waals surface area (Å²) in [6.45, 7) is 5.51. The van der Waals surface area contributed by atoms with Crippen molar-refractivity contribution in [3.8, 4) is 0 Å². The van der Waals surface area contributed by atoms with Gasteiger partial charge in [-0.3, -0.25) is 0 Å². The smallest absolute Gasteiger partial charge is 0.0948 e. The van der Waals surface area contributed by atoms with E-state index in [1.165, 1.54) is 12.1 Å². The molecule has 4 heteroatoms. The number of imidazole rings is 1. The Labute approximate surface area is 97.7 Å². The van der Waals surface area contributed by atoms with Crippen molar-refractivity contribution in [2.75, 3.05) is 27.2 Å². The molecule has 1 aliphatic heterocycles. The van der Waals surface area contributed by atoms with Crippen LogP contribution in [-0.4, -0.2) is 47.7 Å². The van der Waals surface area contributed by atoms with E-state index in [0.29, 0.717) is 12.0 Å². The molecule has 1 saturated heterocycles. The molecule has 0 bridgehead atoms. The molecular weight excluding hydrogens is 200 g/mol. The van der Waals surface area contributed by atoms with E-state index in [9.17, 15) is 0 Å². The molecule has 0 aromatic carbocycles. The van der Waals surface area contributed by atoms with Gasteiger partial charge in [-0.1, -0.05) is 0 Å². The maximum atomic E-state index is 4.30. The highest BCUT2D eigenvalue weighted by atomic mass is 15.1. The number of hydrogen-bond donors (Lipinski definition) is 1. The lowest BCUT2D eigenvalue weighted by Crippen LogP contribution is -2.30. The van der Waals surface area contributed by atoms with Crippen LogP contribution in [0.5, 0.6) is 0 Å². The minimum Gasteiger partial charge on any atom is -0.333 e. The van der Waals surface area contributed by atoms with Crippen molar-refractivity contribution in [1.29, 1.82) is 0 Å². The summed E-state index contributed by atoms with van der Waals surface area (Å²) >= 11 is 0. The van der Waals surface area contributed by atoms with Gasteiger partial charge >= 0.3 is 0 Å². The van der Waals surface area contributed by atoms with Crippen molar-refractivity contribution < 1.29 is 0 Å². The van der Waals surface area contributed by atoms with Crippen LogP contribution < -0.4 is 5.32 Å². The molecule has 4 nitrogen and oxygen atoms in total. The van der Waals surface area contributed by atoms with Crippen LogP contribution in [0.2, 0.25) is 0 Å². The maximum absolute atomic E-state index is 4.30. The predicted molar refractivity (Wildman–Crippen MR) is 65.6 cm³/mol. The molecule has 1 aromatic heterocycles. The monoisotopic (exact) mass is 222 g/mol. The Hall–Kier alpha value is -0.870. The lowest BCUT2D eigenvalue weighted by atomic mass is 10.1. The molecule has 1 aromatic rings. The number of aromatic nitrogens is 2. The van der Waals surface area contributed by atoms with E-state index in [2.05, 4.69) is 40.8 Å². The summed E-state index contributed by atoms with van der Waals surface area (Å²) in [5, 5.41) is 3.41. The molecule has 2 atom stereocenters. The lowest BCUT2D eigenvalue weighted by molar-refractivity contribution is 0.281. The lowest BCUT2D eigenvalue weighted by Gasteiger charge is -2.22. The van der Waals surface area contributed by atoms with E-state index < -0.39 is 0 Å². The second-order valence-electron chi connectivity index (χ2n) is 4.97. The van der Waals surface area contributed by atoms with E-state index in [1.807, 2.05) is 12.5 Å². The van der Waals surface area contributed by atoms with E-state index in [4.69, 9.17) is 0 Å². The van der Waals surface area contributed by atoms with Gasteiger partial charge in [-0.05, 0) is 34.0 Å². The Kier molecular flexibility index (Phi) is 3.61. The van der Waals surface area contributed by atoms with Crippen LogP contribution in [-0.2, 0) is 6.54 Å². The molecule has 1 fully saturated rings. The normalized spacial score (nSPS) is 22.9. The molecule has 0 aliphatic carbocycles. The van der Waals surface area contributed by atoms with Crippen LogP contribution in [0.15, 0.2) is 12.5 Å². The Bertz CT molecular complexity index is 326. The van der Waals surface area contributed by atoms with Gasteiger partial charge in [-0.15, -0.1) is 0 Å². The molecule has 2 unspecified atom stereocenters. The van der Waals surface area contributed by atoms with Gasteiger partial charge < -0.3 is 14.8 Å². The molecule has 90 valence electrons. The van der Waals surface area contributed by atoms with Crippen molar-refractivity contribution in [3.63, 3.8) is 0 Å². The van der Waals surface area contributed by atoms with E-state index >= 15 is 0 Å². The van der Waals surface area contributed by atoms with Crippen molar-refractivity contribution >= 4 is 0 Å². The quantitative estimate of drug-likeness (QED) is 0.822. The molecule has 0 saturated carbocycles. The molecule has 2 rings (SSSR count). The van der Waals surface area contributed by atoms with Crippen LogP contribution in [0.25, 0.3) is 0 Å². The third-order valence-electron chi connectivity index (χ3n) is 3.57. The third-order valence-corrected chi connectivity index (χ3v) is 3.57. The van der Waals surface area contributed by atoms with Gasteiger partial charge in [-0.2, -0.15) is 0 Å². The summed E-state index contributed by atoms with van der Waals surface area (Å²) < 4.78 is 2.31. The summed E-state index contributed by atoms with van der Waals surface area (Å²) in [7, 11) is 4.25. The first-order chi connectivity index (χ1) is 7.68. The van der Waals surface area contributed by atoms with Gasteiger partial charge in [0.15, 0.2) is 0 Å². The first-order valence-electron chi connectivity index (χ1n) is 6.05. The van der Waals surface area contributed by atoms with Crippen molar-refractivity contribution in [3.05, 3.63) is 18.2 Å².